The molecule has 0 aliphatic carbocycles. The summed E-state index contributed by atoms with van der Waals surface area (Å²) in [5.74, 6) is 1.37. The Hall–Kier alpha value is -2.01. The average molecular weight is 297 g/mol. The number of furan rings is 1. The van der Waals surface area contributed by atoms with E-state index in [0.717, 1.165) is 34.5 Å². The molecule has 22 heavy (non-hydrogen) atoms. The number of nitrogens with zero attached hydrogens (tertiary/aromatic N) is 2. The highest BCUT2D eigenvalue weighted by atomic mass is 16.7. The van der Waals surface area contributed by atoms with Crippen molar-refractivity contribution >= 4 is 16.8 Å². The standard InChI is InChI=1S/C17H19N3O2/c1-11-9-21-15-8-12(2-3-14(11)15)16-18-17(22-19-16)10-20-6-4-13(17)5-7-20/h2-3,8-9,13H,4-7,10H2,1H3,(H,18,19)/t17-/m1/s1. The SMILES string of the molecule is Cc1coc2cc(C3=NO[C@@]4(CN5CCC4CC5)N3)ccc12. The van der Waals surface area contributed by atoms with Crippen molar-refractivity contribution in [3.63, 3.8) is 0 Å². The van der Waals surface area contributed by atoms with Gasteiger partial charge in [0.15, 0.2) is 5.84 Å². The second-order valence-corrected chi connectivity index (χ2v) is 6.73. The molecule has 5 heteroatoms. The fraction of sp³-hybridized carbons (Fsp3) is 0.471. The number of fused-ring (bicyclic) bond motifs is 3. The second-order valence-electron chi connectivity index (χ2n) is 6.73. The molecule has 3 saturated heterocycles. The summed E-state index contributed by atoms with van der Waals surface area (Å²) >= 11 is 0. The van der Waals surface area contributed by atoms with Crippen LogP contribution >= 0.6 is 0 Å². The van der Waals surface area contributed by atoms with E-state index in [9.17, 15) is 0 Å². The van der Waals surface area contributed by atoms with Gasteiger partial charge in [0.1, 0.15) is 5.58 Å². The fourth-order valence-corrected chi connectivity index (χ4v) is 4.07. The molecule has 0 radical (unpaired) electrons. The van der Waals surface area contributed by atoms with E-state index >= 15 is 0 Å². The zero-order valence-electron chi connectivity index (χ0n) is 12.6. The van der Waals surface area contributed by atoms with E-state index in [2.05, 4.69) is 34.4 Å². The van der Waals surface area contributed by atoms with Crippen molar-refractivity contribution in [2.45, 2.75) is 25.5 Å². The Morgan fingerprint density at radius 2 is 2.18 bits per heavy atom. The van der Waals surface area contributed by atoms with Gasteiger partial charge in [-0.25, -0.2) is 0 Å². The normalized spacial score (nSPS) is 33.0. The number of rotatable bonds is 1. The first kappa shape index (κ1) is 12.5. The van der Waals surface area contributed by atoms with Crippen molar-refractivity contribution in [2.75, 3.05) is 19.6 Å². The van der Waals surface area contributed by atoms with Crippen LogP contribution in [0.4, 0.5) is 0 Å². The summed E-state index contributed by atoms with van der Waals surface area (Å²) in [6.45, 7) is 5.35. The summed E-state index contributed by atoms with van der Waals surface area (Å²) < 4.78 is 5.60. The zero-order valence-corrected chi connectivity index (χ0v) is 12.6. The van der Waals surface area contributed by atoms with E-state index in [1.807, 2.05) is 6.07 Å². The summed E-state index contributed by atoms with van der Waals surface area (Å²) in [4.78, 5) is 8.37. The van der Waals surface area contributed by atoms with Crippen LogP contribution in [-0.4, -0.2) is 36.1 Å². The molecule has 5 heterocycles. The Kier molecular flexibility index (Phi) is 2.42. The van der Waals surface area contributed by atoms with Gasteiger partial charge in [-0.2, -0.15) is 0 Å². The number of nitrogens with one attached hydrogen (secondary N) is 1. The lowest BCUT2D eigenvalue weighted by Crippen LogP contribution is -2.65. The predicted molar refractivity (Wildman–Crippen MR) is 83.6 cm³/mol. The minimum Gasteiger partial charge on any atom is -0.464 e. The molecule has 2 aromatic rings. The van der Waals surface area contributed by atoms with Gasteiger partial charge in [-0.05, 0) is 44.5 Å². The molecule has 2 bridgehead atoms. The predicted octanol–water partition coefficient (Wildman–Crippen LogP) is 2.44. The van der Waals surface area contributed by atoms with Crippen LogP contribution in [0.25, 0.3) is 11.0 Å². The Bertz CT molecular complexity index is 773. The molecule has 6 rings (SSSR count). The molecule has 5 nitrogen and oxygen atoms in total. The molecule has 3 fully saturated rings. The zero-order chi connectivity index (χ0) is 14.7. The lowest BCUT2D eigenvalue weighted by Gasteiger charge is -2.49. The molecule has 1 aromatic heterocycles. The van der Waals surface area contributed by atoms with E-state index in [1.54, 1.807) is 6.26 Å². The molecule has 1 spiro atoms. The van der Waals surface area contributed by atoms with Crippen LogP contribution in [0.2, 0.25) is 0 Å². The number of aryl methyl sites for hydroxylation is 1. The Balaban J connectivity index is 1.46. The van der Waals surface area contributed by atoms with Crippen LogP contribution in [-0.2, 0) is 4.84 Å². The van der Waals surface area contributed by atoms with Crippen molar-refractivity contribution in [3.05, 3.63) is 35.6 Å². The van der Waals surface area contributed by atoms with Crippen LogP contribution in [0.1, 0.15) is 24.0 Å². The molecule has 4 aliphatic heterocycles. The van der Waals surface area contributed by atoms with Crippen molar-refractivity contribution in [1.82, 2.24) is 10.2 Å². The first-order valence-electron chi connectivity index (χ1n) is 7.98. The average Bonchev–Trinajstić information content (AvgIpc) is 3.13. The first-order valence-corrected chi connectivity index (χ1v) is 7.98. The maximum absolute atomic E-state index is 5.90. The summed E-state index contributed by atoms with van der Waals surface area (Å²) in [5.41, 5.74) is 2.76. The van der Waals surface area contributed by atoms with Crippen molar-refractivity contribution in [2.24, 2.45) is 11.1 Å². The molecule has 0 unspecified atom stereocenters. The number of amidine groups is 1. The maximum Gasteiger partial charge on any atom is 0.224 e. The van der Waals surface area contributed by atoms with E-state index in [1.165, 1.54) is 25.9 Å². The summed E-state index contributed by atoms with van der Waals surface area (Å²) in [6.07, 6.45) is 4.17. The van der Waals surface area contributed by atoms with Gasteiger partial charge >= 0.3 is 0 Å². The molecule has 1 aromatic carbocycles. The molecular weight excluding hydrogens is 278 g/mol. The Morgan fingerprint density at radius 1 is 1.32 bits per heavy atom. The van der Waals surface area contributed by atoms with Gasteiger partial charge in [0.05, 0.1) is 12.8 Å². The molecular formula is C17H19N3O2. The van der Waals surface area contributed by atoms with Gasteiger partial charge in [0, 0.05) is 16.9 Å². The van der Waals surface area contributed by atoms with E-state index < -0.39 is 0 Å². The smallest absolute Gasteiger partial charge is 0.224 e. The van der Waals surface area contributed by atoms with Gasteiger partial charge < -0.3 is 14.6 Å². The highest BCUT2D eigenvalue weighted by Crippen LogP contribution is 2.39. The first-order chi connectivity index (χ1) is 10.7. The van der Waals surface area contributed by atoms with Crippen molar-refractivity contribution in [3.8, 4) is 0 Å². The van der Waals surface area contributed by atoms with Crippen LogP contribution < -0.4 is 5.32 Å². The highest BCUT2D eigenvalue weighted by molar-refractivity contribution is 6.02. The van der Waals surface area contributed by atoms with Crippen LogP contribution in [0.3, 0.4) is 0 Å². The van der Waals surface area contributed by atoms with Gasteiger partial charge in [0.25, 0.3) is 0 Å². The van der Waals surface area contributed by atoms with Crippen molar-refractivity contribution in [1.29, 1.82) is 0 Å². The lowest BCUT2D eigenvalue weighted by molar-refractivity contribution is -0.148. The highest BCUT2D eigenvalue weighted by Gasteiger charge is 2.52. The van der Waals surface area contributed by atoms with Crippen LogP contribution in [0.5, 0.6) is 0 Å². The monoisotopic (exact) mass is 297 g/mol. The van der Waals surface area contributed by atoms with Crippen LogP contribution in [0.15, 0.2) is 34.0 Å². The van der Waals surface area contributed by atoms with Gasteiger partial charge in [-0.1, -0.05) is 17.3 Å². The second kappa shape index (κ2) is 4.26. The minimum atomic E-state index is -0.320. The maximum atomic E-state index is 5.90. The summed E-state index contributed by atoms with van der Waals surface area (Å²) in [5, 5.41) is 9.08. The number of hydrogen-bond donors (Lipinski definition) is 1. The molecule has 0 saturated carbocycles. The number of oxime groups is 1. The third-order valence-corrected chi connectivity index (χ3v) is 5.38. The van der Waals surface area contributed by atoms with E-state index in [4.69, 9.17) is 9.25 Å². The summed E-state index contributed by atoms with van der Waals surface area (Å²) in [6, 6.07) is 6.22. The molecule has 4 aliphatic rings. The van der Waals surface area contributed by atoms with Gasteiger partial charge in [0.2, 0.25) is 5.72 Å². The fourth-order valence-electron chi connectivity index (χ4n) is 4.07. The quantitative estimate of drug-likeness (QED) is 0.878. The molecule has 1 atom stereocenters. The Morgan fingerprint density at radius 3 is 2.95 bits per heavy atom. The third kappa shape index (κ3) is 1.66. The number of piperidine rings is 3. The van der Waals surface area contributed by atoms with Gasteiger partial charge in [-0.15, -0.1) is 0 Å². The van der Waals surface area contributed by atoms with E-state index in [-0.39, 0.29) is 5.72 Å². The minimum absolute atomic E-state index is 0.320. The topological polar surface area (TPSA) is 50.0 Å². The largest absolute Gasteiger partial charge is 0.464 e. The third-order valence-electron chi connectivity index (χ3n) is 5.38. The summed E-state index contributed by atoms with van der Waals surface area (Å²) in [7, 11) is 0. The molecule has 1 N–H and O–H groups in total. The molecule has 114 valence electrons. The molecule has 0 amide bonds. The lowest BCUT2D eigenvalue weighted by atomic mass is 9.81. The number of hydrogen-bond acceptors (Lipinski definition) is 5. The van der Waals surface area contributed by atoms with Crippen LogP contribution in [0, 0.1) is 12.8 Å². The van der Waals surface area contributed by atoms with Gasteiger partial charge in [-0.3, -0.25) is 4.90 Å². The number of benzene rings is 1. The van der Waals surface area contributed by atoms with E-state index in [0.29, 0.717) is 5.92 Å². The Labute approximate surface area is 128 Å². The van der Waals surface area contributed by atoms with Crippen molar-refractivity contribution < 1.29 is 9.25 Å².